The van der Waals surface area contributed by atoms with Gasteiger partial charge in [0.1, 0.15) is 0 Å². The van der Waals surface area contributed by atoms with Gasteiger partial charge in [0, 0.05) is 50.1 Å². The number of nitrogen functional groups attached to an aromatic ring is 1. The Morgan fingerprint density at radius 3 is 2.41 bits per heavy atom. The van der Waals surface area contributed by atoms with Gasteiger partial charge >= 0.3 is 6.09 Å². The number of para-hydroxylation sites is 1. The van der Waals surface area contributed by atoms with Gasteiger partial charge in [0.05, 0.1) is 10.7 Å². The molecule has 1 spiro atoms. The van der Waals surface area contributed by atoms with Gasteiger partial charge in [-0.15, -0.1) is 0 Å². The van der Waals surface area contributed by atoms with Gasteiger partial charge in [0.2, 0.25) is 5.91 Å². The molecule has 6 rings (SSSR count). The van der Waals surface area contributed by atoms with Crippen molar-refractivity contribution >= 4 is 40.9 Å². The maximum Gasteiger partial charge on any atom is 0.410 e. The third-order valence-corrected chi connectivity index (χ3v) is 10.8. The summed E-state index contributed by atoms with van der Waals surface area (Å²) in [6, 6.07) is 11.6. The summed E-state index contributed by atoms with van der Waals surface area (Å²) in [7, 11) is 0. The Morgan fingerprint density at radius 2 is 1.70 bits per heavy atom. The van der Waals surface area contributed by atoms with Crippen molar-refractivity contribution in [1.82, 2.24) is 15.1 Å². The van der Waals surface area contributed by atoms with Crippen molar-refractivity contribution in [2.75, 3.05) is 50.3 Å². The Labute approximate surface area is 264 Å². The summed E-state index contributed by atoms with van der Waals surface area (Å²) in [4.78, 5) is 43.7. The quantitative estimate of drug-likeness (QED) is 0.409. The van der Waals surface area contributed by atoms with Gasteiger partial charge < -0.3 is 30.9 Å². The zero-order valence-electron chi connectivity index (χ0n) is 25.6. The lowest BCUT2D eigenvalue weighted by Gasteiger charge is -2.44. The first kappa shape index (κ1) is 30.7. The van der Waals surface area contributed by atoms with Crippen molar-refractivity contribution in [3.05, 3.63) is 58.1 Å². The number of carbonyl (C=O) groups excluding carboxylic acids is 3. The molecule has 0 aromatic heterocycles. The molecule has 4 N–H and O–H groups in total. The first-order valence-electron chi connectivity index (χ1n) is 16.1. The van der Waals surface area contributed by atoms with E-state index in [1.54, 1.807) is 11.0 Å². The normalized spacial score (nSPS) is 21.5. The van der Waals surface area contributed by atoms with E-state index in [-0.39, 0.29) is 23.7 Å². The number of nitrogens with two attached hydrogens (primary N) is 1. The number of nitrogens with zero attached hydrogens (tertiary/aromatic N) is 2. The number of carbonyl (C=O) groups is 3. The van der Waals surface area contributed by atoms with E-state index in [0.717, 1.165) is 48.3 Å². The summed E-state index contributed by atoms with van der Waals surface area (Å²) in [5.74, 6) is 1.20. The Bertz CT molecular complexity index is 1370. The lowest BCUT2D eigenvalue weighted by molar-refractivity contribution is -0.142. The minimum atomic E-state index is -0.964. The summed E-state index contributed by atoms with van der Waals surface area (Å²) in [5.41, 5.74) is 9.90. The summed E-state index contributed by atoms with van der Waals surface area (Å²) in [6.45, 7) is 6.29. The molecule has 0 radical (unpaired) electrons. The molecule has 3 saturated heterocycles. The Morgan fingerprint density at radius 1 is 1.02 bits per heavy atom. The van der Waals surface area contributed by atoms with Gasteiger partial charge in [0.15, 0.2) is 6.10 Å². The lowest BCUT2D eigenvalue weighted by Crippen LogP contribution is -2.51. The highest BCUT2D eigenvalue weighted by molar-refractivity contribution is 6.33. The van der Waals surface area contributed by atoms with Crippen LogP contribution in [-0.2, 0) is 26.2 Å². The molecule has 44 heavy (non-hydrogen) atoms. The van der Waals surface area contributed by atoms with E-state index in [0.29, 0.717) is 68.0 Å². The standard InChI is InChI=1S/C34H44ClN5O4/c1-22-18-23(19-27(35)31(22)36)20-29(32(42)39-14-8-25(9-15-39)24-6-12-37-13-7-24)44-33(43)40-16-10-34(11-17-40)21-30(41)38-28-5-3-2-4-26(28)34/h2-5,18-19,24-25,29,37H,6-17,20-21,36H2,1H3,(H,38,41)/t29-/m1/s1. The van der Waals surface area contributed by atoms with Gasteiger partial charge in [-0.25, -0.2) is 4.79 Å². The third kappa shape index (κ3) is 6.40. The van der Waals surface area contributed by atoms with E-state index in [2.05, 4.69) is 16.7 Å². The summed E-state index contributed by atoms with van der Waals surface area (Å²) in [5, 5.41) is 6.86. The maximum absolute atomic E-state index is 14.0. The van der Waals surface area contributed by atoms with Crippen LogP contribution >= 0.6 is 11.6 Å². The van der Waals surface area contributed by atoms with Crippen molar-refractivity contribution < 1.29 is 19.1 Å². The monoisotopic (exact) mass is 621 g/mol. The number of fused-ring (bicyclic) bond motifs is 2. The van der Waals surface area contributed by atoms with Crippen LogP contribution in [0.25, 0.3) is 0 Å². The predicted molar refractivity (Wildman–Crippen MR) is 172 cm³/mol. The number of hydrogen-bond acceptors (Lipinski definition) is 6. The third-order valence-electron chi connectivity index (χ3n) is 10.5. The van der Waals surface area contributed by atoms with Crippen molar-refractivity contribution in [1.29, 1.82) is 0 Å². The molecule has 4 aliphatic rings. The van der Waals surface area contributed by atoms with E-state index in [1.807, 2.05) is 36.1 Å². The molecule has 2 aromatic carbocycles. The molecule has 2 aromatic rings. The van der Waals surface area contributed by atoms with Gasteiger partial charge in [-0.3, -0.25) is 9.59 Å². The number of likely N-dealkylation sites (tertiary alicyclic amines) is 2. The molecule has 9 nitrogen and oxygen atoms in total. The van der Waals surface area contributed by atoms with Gasteiger partial charge in [0.25, 0.3) is 5.91 Å². The van der Waals surface area contributed by atoms with E-state index in [1.165, 1.54) is 12.8 Å². The molecule has 3 amide bonds. The minimum absolute atomic E-state index is 0.00626. The molecule has 4 aliphatic heterocycles. The number of hydrogen-bond donors (Lipinski definition) is 3. The van der Waals surface area contributed by atoms with E-state index in [4.69, 9.17) is 22.1 Å². The maximum atomic E-state index is 14.0. The number of halogens is 1. The minimum Gasteiger partial charge on any atom is -0.436 e. The zero-order valence-corrected chi connectivity index (χ0v) is 26.3. The van der Waals surface area contributed by atoms with Crippen LogP contribution in [-0.4, -0.2) is 73.1 Å². The van der Waals surface area contributed by atoms with Crippen LogP contribution in [0, 0.1) is 18.8 Å². The van der Waals surface area contributed by atoms with Gasteiger partial charge in [-0.2, -0.15) is 0 Å². The van der Waals surface area contributed by atoms with Crippen LogP contribution in [0.5, 0.6) is 0 Å². The highest BCUT2D eigenvalue weighted by Crippen LogP contribution is 2.45. The van der Waals surface area contributed by atoms with Crippen LogP contribution in [0.15, 0.2) is 36.4 Å². The Hall–Kier alpha value is -3.30. The molecular weight excluding hydrogens is 578 g/mol. The second-order valence-electron chi connectivity index (χ2n) is 13.2. The number of ether oxygens (including phenoxy) is 1. The van der Waals surface area contributed by atoms with Crippen LogP contribution in [0.1, 0.15) is 61.6 Å². The molecule has 1 atom stereocenters. The summed E-state index contributed by atoms with van der Waals surface area (Å²) in [6.07, 6.45) is 4.84. The SMILES string of the molecule is Cc1cc(C[C@@H](OC(=O)N2CCC3(CC2)CC(=O)Nc2ccccc23)C(=O)N2CCC(C3CCNCC3)CC2)cc(Cl)c1N. The number of nitrogens with one attached hydrogen (secondary N) is 2. The number of piperidine rings is 3. The molecule has 10 heteroatoms. The van der Waals surface area contributed by atoms with Gasteiger partial charge in [-0.1, -0.05) is 35.9 Å². The fraction of sp³-hybridized carbons (Fsp3) is 0.559. The second-order valence-corrected chi connectivity index (χ2v) is 13.6. The first-order valence-corrected chi connectivity index (χ1v) is 16.5. The molecule has 0 saturated carbocycles. The molecular formula is C34H44ClN5O4. The smallest absolute Gasteiger partial charge is 0.410 e. The summed E-state index contributed by atoms with van der Waals surface area (Å²) < 4.78 is 6.06. The van der Waals surface area contributed by atoms with Crippen LogP contribution in [0.2, 0.25) is 5.02 Å². The molecule has 4 heterocycles. The predicted octanol–water partition coefficient (Wildman–Crippen LogP) is 4.89. The number of anilines is 2. The lowest BCUT2D eigenvalue weighted by atomic mass is 9.68. The van der Waals surface area contributed by atoms with Crippen LogP contribution < -0.4 is 16.4 Å². The second kappa shape index (κ2) is 13.0. The van der Waals surface area contributed by atoms with Crippen molar-refractivity contribution in [3.8, 4) is 0 Å². The highest BCUT2D eigenvalue weighted by Gasteiger charge is 2.44. The van der Waals surface area contributed by atoms with E-state index in [9.17, 15) is 14.4 Å². The van der Waals surface area contributed by atoms with Crippen LogP contribution in [0.3, 0.4) is 0 Å². The Kier molecular flexibility index (Phi) is 9.06. The van der Waals surface area contributed by atoms with E-state index < -0.39 is 12.2 Å². The first-order chi connectivity index (χ1) is 21.2. The van der Waals surface area contributed by atoms with Crippen molar-refractivity contribution in [3.63, 3.8) is 0 Å². The van der Waals surface area contributed by atoms with Crippen molar-refractivity contribution in [2.45, 2.75) is 69.8 Å². The molecule has 0 unspecified atom stereocenters. The summed E-state index contributed by atoms with van der Waals surface area (Å²) >= 11 is 6.40. The molecule has 3 fully saturated rings. The molecule has 236 valence electrons. The molecule has 0 bridgehead atoms. The van der Waals surface area contributed by atoms with E-state index >= 15 is 0 Å². The zero-order chi connectivity index (χ0) is 30.8. The number of rotatable bonds is 5. The largest absolute Gasteiger partial charge is 0.436 e. The van der Waals surface area contributed by atoms with Gasteiger partial charge in [-0.05, 0) is 99.2 Å². The number of benzene rings is 2. The number of amides is 3. The topological polar surface area (TPSA) is 117 Å². The molecule has 0 aliphatic carbocycles. The number of aryl methyl sites for hydroxylation is 1. The fourth-order valence-electron chi connectivity index (χ4n) is 7.86. The van der Waals surface area contributed by atoms with Crippen LogP contribution in [0.4, 0.5) is 16.2 Å². The highest BCUT2D eigenvalue weighted by atomic mass is 35.5. The van der Waals surface area contributed by atoms with Crippen molar-refractivity contribution in [2.24, 2.45) is 11.8 Å². The average molecular weight is 622 g/mol. The average Bonchev–Trinajstić information content (AvgIpc) is 3.03. The Balaban J connectivity index is 1.14. The fourth-order valence-corrected chi connectivity index (χ4v) is 8.15.